The first kappa shape index (κ1) is 13.5. The molecule has 1 aromatic carbocycles. The third-order valence-electron chi connectivity index (χ3n) is 3.64. The zero-order valence-electron chi connectivity index (χ0n) is 11.7. The number of H-pyrrole nitrogens is 1. The van der Waals surface area contributed by atoms with E-state index in [-0.39, 0.29) is 11.9 Å². The van der Waals surface area contributed by atoms with Gasteiger partial charge >= 0.3 is 5.97 Å². The van der Waals surface area contributed by atoms with Crippen molar-refractivity contribution in [1.82, 2.24) is 20.3 Å². The molecule has 1 amide bonds. The van der Waals surface area contributed by atoms with Crippen LogP contribution in [0.15, 0.2) is 18.2 Å². The first-order valence-electron chi connectivity index (χ1n) is 6.99. The number of likely N-dealkylation sites (tertiary alicyclic amines) is 1. The van der Waals surface area contributed by atoms with Gasteiger partial charge < -0.3 is 9.64 Å². The molecule has 0 radical (unpaired) electrons. The van der Waals surface area contributed by atoms with Crippen molar-refractivity contribution in [1.29, 1.82) is 0 Å². The number of hydrogen-bond acceptors (Lipinski definition) is 5. The van der Waals surface area contributed by atoms with E-state index in [4.69, 9.17) is 4.74 Å². The summed E-state index contributed by atoms with van der Waals surface area (Å²) >= 11 is 0. The van der Waals surface area contributed by atoms with Crippen LogP contribution < -0.4 is 0 Å². The molecule has 21 heavy (non-hydrogen) atoms. The molecule has 2 aromatic rings. The van der Waals surface area contributed by atoms with Crippen LogP contribution >= 0.6 is 0 Å². The number of carbonyl (C=O) groups is 2. The number of nitrogens with zero attached hydrogens (tertiary/aromatic N) is 3. The van der Waals surface area contributed by atoms with Crippen LogP contribution in [-0.2, 0) is 9.53 Å². The Labute approximate surface area is 121 Å². The fraction of sp³-hybridized carbons (Fsp3) is 0.429. The Hall–Kier alpha value is -2.44. The second kappa shape index (κ2) is 5.51. The maximum Gasteiger partial charge on any atom is 0.328 e. The summed E-state index contributed by atoms with van der Waals surface area (Å²) in [6.07, 6.45) is 1.46. The minimum absolute atomic E-state index is 0.171. The molecule has 1 N–H and O–H groups in total. The molecule has 1 aromatic heterocycles. The third kappa shape index (κ3) is 2.46. The maximum absolute atomic E-state index is 12.6. The summed E-state index contributed by atoms with van der Waals surface area (Å²) in [6, 6.07) is 4.64. The van der Waals surface area contributed by atoms with Gasteiger partial charge in [0.2, 0.25) is 0 Å². The van der Waals surface area contributed by atoms with E-state index in [1.165, 1.54) is 0 Å². The van der Waals surface area contributed by atoms with Crippen molar-refractivity contribution in [3.05, 3.63) is 23.8 Å². The van der Waals surface area contributed by atoms with Crippen LogP contribution in [0.3, 0.4) is 0 Å². The molecule has 2 heterocycles. The van der Waals surface area contributed by atoms with Gasteiger partial charge in [-0.05, 0) is 38.0 Å². The number of hydrogen-bond donors (Lipinski definition) is 1. The van der Waals surface area contributed by atoms with Crippen molar-refractivity contribution < 1.29 is 14.3 Å². The Bertz CT molecular complexity index is 682. The van der Waals surface area contributed by atoms with Gasteiger partial charge in [-0.3, -0.25) is 4.79 Å². The van der Waals surface area contributed by atoms with E-state index in [1.54, 1.807) is 30.0 Å². The monoisotopic (exact) mass is 288 g/mol. The van der Waals surface area contributed by atoms with Gasteiger partial charge in [0, 0.05) is 12.1 Å². The lowest BCUT2D eigenvalue weighted by Crippen LogP contribution is -2.41. The zero-order chi connectivity index (χ0) is 14.8. The first-order valence-corrected chi connectivity index (χ1v) is 6.99. The van der Waals surface area contributed by atoms with E-state index < -0.39 is 6.04 Å². The van der Waals surface area contributed by atoms with Crippen molar-refractivity contribution in [2.24, 2.45) is 0 Å². The van der Waals surface area contributed by atoms with Gasteiger partial charge in [0.05, 0.1) is 6.61 Å². The molecule has 3 rings (SSSR count). The van der Waals surface area contributed by atoms with Crippen LogP contribution in [0.25, 0.3) is 11.0 Å². The van der Waals surface area contributed by atoms with Crippen molar-refractivity contribution in [2.75, 3.05) is 13.2 Å². The van der Waals surface area contributed by atoms with Crippen LogP contribution in [0.2, 0.25) is 0 Å². The summed E-state index contributed by atoms with van der Waals surface area (Å²) < 4.78 is 5.04. The second-order valence-corrected chi connectivity index (χ2v) is 4.94. The highest BCUT2D eigenvalue weighted by atomic mass is 16.5. The molecule has 0 saturated carbocycles. The molecule has 0 spiro atoms. The molecule has 0 bridgehead atoms. The standard InChI is InChI=1S/C14H16N4O3/c1-2-21-14(20)12-4-3-7-18(12)13(19)9-5-6-10-11(8-9)16-17-15-10/h5-6,8,12H,2-4,7H2,1H3,(H,15,16,17). The number of nitrogens with one attached hydrogen (secondary N) is 1. The summed E-state index contributed by atoms with van der Waals surface area (Å²) in [5.41, 5.74) is 1.84. The number of aromatic nitrogens is 3. The summed E-state index contributed by atoms with van der Waals surface area (Å²) in [6.45, 7) is 2.65. The summed E-state index contributed by atoms with van der Waals surface area (Å²) in [5, 5.41) is 10.4. The Balaban J connectivity index is 1.84. The highest BCUT2D eigenvalue weighted by Crippen LogP contribution is 2.22. The molecule has 1 aliphatic heterocycles. The Morgan fingerprint density at radius 1 is 1.38 bits per heavy atom. The van der Waals surface area contributed by atoms with Crippen molar-refractivity contribution >= 4 is 22.9 Å². The van der Waals surface area contributed by atoms with Crippen molar-refractivity contribution in [2.45, 2.75) is 25.8 Å². The lowest BCUT2D eigenvalue weighted by molar-refractivity contribution is -0.147. The van der Waals surface area contributed by atoms with E-state index in [2.05, 4.69) is 15.4 Å². The van der Waals surface area contributed by atoms with E-state index >= 15 is 0 Å². The van der Waals surface area contributed by atoms with Crippen LogP contribution in [0, 0.1) is 0 Å². The largest absolute Gasteiger partial charge is 0.464 e. The number of aromatic amines is 1. The number of amides is 1. The maximum atomic E-state index is 12.6. The van der Waals surface area contributed by atoms with E-state index in [0.717, 1.165) is 6.42 Å². The minimum Gasteiger partial charge on any atom is -0.464 e. The number of benzene rings is 1. The molecule has 1 fully saturated rings. The number of esters is 1. The number of fused-ring (bicyclic) bond motifs is 1. The molecular weight excluding hydrogens is 272 g/mol. The smallest absolute Gasteiger partial charge is 0.328 e. The van der Waals surface area contributed by atoms with Crippen LogP contribution in [0.5, 0.6) is 0 Å². The highest BCUT2D eigenvalue weighted by Gasteiger charge is 2.35. The van der Waals surface area contributed by atoms with E-state index in [1.807, 2.05) is 0 Å². The molecule has 1 atom stereocenters. The van der Waals surface area contributed by atoms with Gasteiger partial charge in [-0.2, -0.15) is 15.4 Å². The predicted molar refractivity (Wildman–Crippen MR) is 74.6 cm³/mol. The fourth-order valence-corrected chi connectivity index (χ4v) is 2.63. The lowest BCUT2D eigenvalue weighted by atomic mass is 10.1. The Morgan fingerprint density at radius 2 is 2.19 bits per heavy atom. The lowest BCUT2D eigenvalue weighted by Gasteiger charge is -2.23. The van der Waals surface area contributed by atoms with Gasteiger partial charge in [0.1, 0.15) is 17.1 Å². The van der Waals surface area contributed by atoms with Crippen LogP contribution in [0.4, 0.5) is 0 Å². The average Bonchev–Trinajstić information content (AvgIpc) is 3.14. The molecule has 1 aliphatic rings. The van der Waals surface area contributed by atoms with Crippen molar-refractivity contribution in [3.8, 4) is 0 Å². The van der Waals surface area contributed by atoms with Gasteiger partial charge in [0.25, 0.3) is 5.91 Å². The average molecular weight is 288 g/mol. The van der Waals surface area contributed by atoms with E-state index in [0.29, 0.717) is 36.2 Å². The summed E-state index contributed by atoms with van der Waals surface area (Å²) in [7, 11) is 0. The zero-order valence-corrected chi connectivity index (χ0v) is 11.7. The Morgan fingerprint density at radius 3 is 3.00 bits per heavy atom. The van der Waals surface area contributed by atoms with Crippen molar-refractivity contribution in [3.63, 3.8) is 0 Å². The first-order chi connectivity index (χ1) is 10.2. The Kier molecular flexibility index (Phi) is 3.55. The summed E-state index contributed by atoms with van der Waals surface area (Å²) in [4.78, 5) is 26.1. The molecular formula is C14H16N4O3. The van der Waals surface area contributed by atoms with Gasteiger partial charge in [-0.15, -0.1) is 0 Å². The third-order valence-corrected chi connectivity index (χ3v) is 3.64. The van der Waals surface area contributed by atoms with Crippen LogP contribution in [-0.4, -0.2) is 51.4 Å². The molecule has 7 nitrogen and oxygen atoms in total. The number of ether oxygens (including phenoxy) is 1. The molecule has 0 aliphatic carbocycles. The fourth-order valence-electron chi connectivity index (χ4n) is 2.63. The van der Waals surface area contributed by atoms with E-state index in [9.17, 15) is 9.59 Å². The molecule has 1 saturated heterocycles. The quantitative estimate of drug-likeness (QED) is 0.855. The topological polar surface area (TPSA) is 88.2 Å². The second-order valence-electron chi connectivity index (χ2n) is 4.94. The molecule has 1 unspecified atom stereocenters. The predicted octanol–water partition coefficient (Wildman–Crippen LogP) is 1.13. The minimum atomic E-state index is -0.481. The van der Waals surface area contributed by atoms with Gasteiger partial charge in [-0.25, -0.2) is 4.79 Å². The normalized spacial score (nSPS) is 18.1. The number of carbonyl (C=O) groups excluding carboxylic acids is 2. The molecule has 110 valence electrons. The molecule has 7 heteroatoms. The summed E-state index contributed by atoms with van der Waals surface area (Å²) in [5.74, 6) is -0.499. The van der Waals surface area contributed by atoms with Gasteiger partial charge in [0.15, 0.2) is 0 Å². The number of rotatable bonds is 3. The van der Waals surface area contributed by atoms with Gasteiger partial charge in [-0.1, -0.05) is 0 Å². The highest BCUT2D eigenvalue weighted by molar-refractivity contribution is 5.99. The SMILES string of the molecule is CCOC(=O)C1CCCN1C(=O)c1ccc2n[nH]nc2c1. The van der Waals surface area contributed by atoms with Crippen LogP contribution in [0.1, 0.15) is 30.1 Å².